The monoisotopic (exact) mass is 238 g/mol. The molecule has 17 heavy (non-hydrogen) atoms. The molecule has 1 aromatic heterocycles. The second kappa shape index (κ2) is 5.51. The molecule has 0 spiro atoms. The molecule has 0 saturated carbocycles. The fourth-order valence-electron chi connectivity index (χ4n) is 2.30. The molecule has 1 saturated heterocycles. The van der Waals surface area contributed by atoms with Crippen LogP contribution in [0.1, 0.15) is 12.6 Å². The molecule has 2 rings (SSSR count). The van der Waals surface area contributed by atoms with E-state index in [4.69, 9.17) is 4.74 Å². The van der Waals surface area contributed by atoms with Crippen molar-refractivity contribution >= 4 is 5.82 Å². The number of aryl methyl sites for hydroxylation is 2. The summed E-state index contributed by atoms with van der Waals surface area (Å²) in [5, 5.41) is 11.2. The van der Waals surface area contributed by atoms with Crippen LogP contribution in [0.3, 0.4) is 0 Å². The van der Waals surface area contributed by atoms with Crippen molar-refractivity contribution in [2.45, 2.75) is 19.9 Å². The molecular formula is C12H22N4O. The smallest absolute Gasteiger partial charge is 0.124 e. The van der Waals surface area contributed by atoms with Crippen LogP contribution in [-0.4, -0.2) is 42.1 Å². The molecule has 2 heterocycles. The van der Waals surface area contributed by atoms with Gasteiger partial charge >= 0.3 is 0 Å². The van der Waals surface area contributed by atoms with Crippen LogP contribution in [0.15, 0.2) is 6.07 Å². The topological polar surface area (TPSA) is 51.1 Å². The average Bonchev–Trinajstić information content (AvgIpc) is 2.83. The van der Waals surface area contributed by atoms with Crippen molar-refractivity contribution in [1.82, 2.24) is 15.1 Å². The van der Waals surface area contributed by atoms with E-state index < -0.39 is 0 Å². The third-order valence-corrected chi connectivity index (χ3v) is 3.21. The first-order valence-corrected chi connectivity index (χ1v) is 6.26. The predicted octanol–water partition coefficient (Wildman–Crippen LogP) is 0.765. The lowest BCUT2D eigenvalue weighted by atomic mass is 10.0. The zero-order valence-electron chi connectivity index (χ0n) is 10.9. The molecule has 5 heteroatoms. The fraction of sp³-hybridized carbons (Fsp3) is 0.750. The normalized spacial score (nSPS) is 24.2. The van der Waals surface area contributed by atoms with Crippen LogP contribution in [0.5, 0.6) is 0 Å². The van der Waals surface area contributed by atoms with E-state index in [2.05, 4.69) is 28.7 Å². The van der Waals surface area contributed by atoms with Gasteiger partial charge in [0.05, 0.1) is 18.9 Å². The third-order valence-electron chi connectivity index (χ3n) is 3.21. The van der Waals surface area contributed by atoms with Crippen LogP contribution in [0.2, 0.25) is 0 Å². The molecule has 0 aliphatic carbocycles. The van der Waals surface area contributed by atoms with Gasteiger partial charge in [0, 0.05) is 31.6 Å². The average molecular weight is 238 g/mol. The number of nitrogens with one attached hydrogen (secondary N) is 2. The van der Waals surface area contributed by atoms with Gasteiger partial charge in [-0.1, -0.05) is 6.92 Å². The van der Waals surface area contributed by atoms with Crippen LogP contribution in [0.4, 0.5) is 5.82 Å². The highest BCUT2D eigenvalue weighted by Crippen LogP contribution is 2.15. The Balaban J connectivity index is 1.87. The largest absolute Gasteiger partial charge is 0.379 e. The summed E-state index contributed by atoms with van der Waals surface area (Å²) in [6.45, 7) is 7.72. The van der Waals surface area contributed by atoms with Gasteiger partial charge in [-0.2, -0.15) is 5.10 Å². The first-order valence-electron chi connectivity index (χ1n) is 6.26. The first kappa shape index (κ1) is 12.4. The maximum Gasteiger partial charge on any atom is 0.124 e. The zero-order chi connectivity index (χ0) is 12.3. The summed E-state index contributed by atoms with van der Waals surface area (Å²) in [4.78, 5) is 0. The molecule has 0 radical (unpaired) electrons. The Morgan fingerprint density at radius 1 is 1.53 bits per heavy atom. The second-order valence-corrected chi connectivity index (χ2v) is 4.64. The van der Waals surface area contributed by atoms with E-state index in [0.29, 0.717) is 12.0 Å². The van der Waals surface area contributed by atoms with Crippen molar-refractivity contribution in [1.29, 1.82) is 0 Å². The minimum Gasteiger partial charge on any atom is -0.379 e. The maximum atomic E-state index is 5.52. The summed E-state index contributed by atoms with van der Waals surface area (Å²) in [5.74, 6) is 1.61. The summed E-state index contributed by atoms with van der Waals surface area (Å²) in [5.41, 5.74) is 1.04. The Morgan fingerprint density at radius 3 is 3.00 bits per heavy atom. The van der Waals surface area contributed by atoms with E-state index in [9.17, 15) is 0 Å². The van der Waals surface area contributed by atoms with Crippen molar-refractivity contribution < 1.29 is 4.74 Å². The Kier molecular flexibility index (Phi) is 4.02. The molecule has 1 aliphatic rings. The van der Waals surface area contributed by atoms with Crippen molar-refractivity contribution in [3.63, 3.8) is 0 Å². The van der Waals surface area contributed by atoms with Gasteiger partial charge in [0.1, 0.15) is 5.82 Å². The quantitative estimate of drug-likeness (QED) is 0.795. The van der Waals surface area contributed by atoms with Crippen LogP contribution < -0.4 is 10.6 Å². The molecule has 1 fully saturated rings. The van der Waals surface area contributed by atoms with Gasteiger partial charge in [0.2, 0.25) is 0 Å². The zero-order valence-corrected chi connectivity index (χ0v) is 10.9. The predicted molar refractivity (Wildman–Crippen MR) is 68.2 cm³/mol. The fourth-order valence-corrected chi connectivity index (χ4v) is 2.30. The SMILES string of the molecule is CCNC1COCC1CNc1cc(C)nn1C. The van der Waals surface area contributed by atoms with E-state index in [0.717, 1.165) is 37.8 Å². The molecule has 2 N–H and O–H groups in total. The Morgan fingerprint density at radius 2 is 2.35 bits per heavy atom. The van der Waals surface area contributed by atoms with Crippen LogP contribution in [-0.2, 0) is 11.8 Å². The van der Waals surface area contributed by atoms with Crippen LogP contribution in [0.25, 0.3) is 0 Å². The molecule has 2 unspecified atom stereocenters. The van der Waals surface area contributed by atoms with E-state index in [-0.39, 0.29) is 0 Å². The first-order chi connectivity index (χ1) is 8.20. The summed E-state index contributed by atoms with van der Waals surface area (Å²) < 4.78 is 7.40. The number of nitrogens with zero attached hydrogens (tertiary/aromatic N) is 2. The van der Waals surface area contributed by atoms with Gasteiger partial charge < -0.3 is 15.4 Å². The van der Waals surface area contributed by atoms with Gasteiger partial charge in [-0.3, -0.25) is 4.68 Å². The van der Waals surface area contributed by atoms with Gasteiger partial charge in [-0.05, 0) is 13.5 Å². The van der Waals surface area contributed by atoms with Gasteiger partial charge in [0.25, 0.3) is 0 Å². The lowest BCUT2D eigenvalue weighted by Crippen LogP contribution is -2.38. The molecule has 1 aliphatic heterocycles. The highest BCUT2D eigenvalue weighted by Gasteiger charge is 2.27. The van der Waals surface area contributed by atoms with Crippen molar-refractivity contribution in [3.05, 3.63) is 11.8 Å². The van der Waals surface area contributed by atoms with E-state index >= 15 is 0 Å². The van der Waals surface area contributed by atoms with Gasteiger partial charge in [-0.15, -0.1) is 0 Å². The number of anilines is 1. The van der Waals surface area contributed by atoms with E-state index in [1.54, 1.807) is 0 Å². The molecule has 96 valence electrons. The Labute approximate surface area is 103 Å². The lowest BCUT2D eigenvalue weighted by molar-refractivity contribution is 0.183. The third kappa shape index (κ3) is 2.98. The maximum absolute atomic E-state index is 5.52. The standard InChI is InChI=1S/C12H22N4O/c1-4-13-11-8-17-7-10(11)6-14-12-5-9(2)15-16(12)3/h5,10-11,13-14H,4,6-8H2,1-3H3. The van der Waals surface area contributed by atoms with Crippen molar-refractivity contribution in [2.24, 2.45) is 13.0 Å². The minimum absolute atomic E-state index is 0.474. The summed E-state index contributed by atoms with van der Waals surface area (Å²) in [7, 11) is 1.96. The number of ether oxygens (including phenoxy) is 1. The molecule has 1 aromatic rings. The van der Waals surface area contributed by atoms with Gasteiger partial charge in [0.15, 0.2) is 0 Å². The number of hydrogen-bond donors (Lipinski definition) is 2. The minimum atomic E-state index is 0.474. The van der Waals surface area contributed by atoms with Gasteiger partial charge in [-0.25, -0.2) is 0 Å². The van der Waals surface area contributed by atoms with Crippen LogP contribution >= 0.6 is 0 Å². The number of likely N-dealkylation sites (N-methyl/N-ethyl adjacent to an activating group) is 1. The van der Waals surface area contributed by atoms with E-state index in [1.807, 2.05) is 18.7 Å². The van der Waals surface area contributed by atoms with Crippen molar-refractivity contribution in [2.75, 3.05) is 31.6 Å². The molecule has 2 atom stereocenters. The van der Waals surface area contributed by atoms with Crippen LogP contribution in [0, 0.1) is 12.8 Å². The summed E-state index contributed by atoms with van der Waals surface area (Å²) in [6, 6.07) is 2.54. The molecule has 0 bridgehead atoms. The second-order valence-electron chi connectivity index (χ2n) is 4.64. The van der Waals surface area contributed by atoms with Crippen molar-refractivity contribution in [3.8, 4) is 0 Å². The Bertz CT molecular complexity index is 363. The summed E-state index contributed by atoms with van der Waals surface area (Å²) >= 11 is 0. The molecule has 0 amide bonds. The molecule has 5 nitrogen and oxygen atoms in total. The van der Waals surface area contributed by atoms with E-state index in [1.165, 1.54) is 0 Å². The molecular weight excluding hydrogens is 216 g/mol. The number of rotatable bonds is 5. The molecule has 0 aromatic carbocycles. The lowest BCUT2D eigenvalue weighted by Gasteiger charge is -2.19. The highest BCUT2D eigenvalue weighted by molar-refractivity contribution is 5.36. The number of hydrogen-bond acceptors (Lipinski definition) is 4. The highest BCUT2D eigenvalue weighted by atomic mass is 16.5. The Hall–Kier alpha value is -1.07. The summed E-state index contributed by atoms with van der Waals surface area (Å²) in [6.07, 6.45) is 0. The number of aromatic nitrogens is 2.